The minimum absolute atomic E-state index is 0.0516. The van der Waals surface area contributed by atoms with Crippen LogP contribution < -0.4 is 9.47 Å². The molecular formula is C30H39ClN4O5S. The summed E-state index contributed by atoms with van der Waals surface area (Å²) < 4.78 is 39.8. The summed E-state index contributed by atoms with van der Waals surface area (Å²) in [6.07, 6.45) is 3.87. The van der Waals surface area contributed by atoms with Gasteiger partial charge in [0.05, 0.1) is 25.0 Å². The highest BCUT2D eigenvalue weighted by molar-refractivity contribution is 7.92. The number of likely N-dealkylation sites (N-methyl/N-ethyl adjacent to an activating group) is 1. The number of aliphatic imine (C=N–C) groups is 1. The van der Waals surface area contributed by atoms with Crippen LogP contribution in [0.3, 0.4) is 0 Å². The molecule has 0 bridgehead atoms. The quantitative estimate of drug-likeness (QED) is 0.429. The van der Waals surface area contributed by atoms with Crippen LogP contribution in [0.2, 0.25) is 5.02 Å². The Morgan fingerprint density at radius 3 is 2.37 bits per heavy atom. The van der Waals surface area contributed by atoms with Crippen LogP contribution in [-0.4, -0.2) is 93.1 Å². The number of rotatable bonds is 8. The molecule has 1 aliphatic carbocycles. The molecule has 2 aliphatic heterocycles. The maximum absolute atomic E-state index is 14.4. The van der Waals surface area contributed by atoms with E-state index in [1.165, 1.54) is 0 Å². The van der Waals surface area contributed by atoms with Gasteiger partial charge in [-0.25, -0.2) is 18.2 Å². The number of methoxy groups -OCH3 is 1. The van der Waals surface area contributed by atoms with E-state index in [-0.39, 0.29) is 17.7 Å². The van der Waals surface area contributed by atoms with E-state index in [1.54, 1.807) is 59.4 Å². The van der Waals surface area contributed by atoms with Gasteiger partial charge in [0.1, 0.15) is 23.4 Å². The van der Waals surface area contributed by atoms with Crippen molar-refractivity contribution in [1.82, 2.24) is 14.7 Å². The lowest BCUT2D eigenvalue weighted by Crippen LogP contribution is -2.54. The zero-order valence-corrected chi connectivity index (χ0v) is 25.5. The van der Waals surface area contributed by atoms with Crippen molar-refractivity contribution < 1.29 is 22.7 Å². The van der Waals surface area contributed by atoms with E-state index < -0.39 is 21.3 Å². The highest BCUT2D eigenvalue weighted by Crippen LogP contribution is 2.42. The third-order valence-corrected chi connectivity index (χ3v) is 10.5. The average molecular weight is 603 g/mol. The minimum atomic E-state index is -3.74. The molecule has 2 atom stereocenters. The first-order valence-corrected chi connectivity index (χ1v) is 16.4. The molecule has 2 amide bonds. The van der Waals surface area contributed by atoms with Crippen molar-refractivity contribution in [2.75, 3.05) is 52.7 Å². The molecule has 5 rings (SSSR count). The number of benzene rings is 2. The third-order valence-electron chi connectivity index (χ3n) is 8.26. The topological polar surface area (TPSA) is 91.8 Å². The van der Waals surface area contributed by atoms with Gasteiger partial charge in [-0.3, -0.25) is 4.90 Å². The zero-order valence-electron chi connectivity index (χ0n) is 24.0. The number of urea groups is 1. The molecule has 3 aliphatic rings. The molecule has 0 N–H and O–H groups in total. The molecule has 11 heteroatoms. The van der Waals surface area contributed by atoms with Gasteiger partial charge < -0.3 is 19.3 Å². The Hall–Kier alpha value is -2.82. The smallest absolute Gasteiger partial charge is 0.326 e. The van der Waals surface area contributed by atoms with Crippen LogP contribution in [-0.2, 0) is 9.84 Å². The van der Waals surface area contributed by atoms with E-state index in [4.69, 9.17) is 26.1 Å². The van der Waals surface area contributed by atoms with E-state index in [1.807, 2.05) is 14.0 Å². The fraction of sp³-hybridized carbons (Fsp3) is 0.533. The van der Waals surface area contributed by atoms with E-state index in [0.29, 0.717) is 53.2 Å². The molecule has 41 heavy (non-hydrogen) atoms. The van der Waals surface area contributed by atoms with Gasteiger partial charge in [-0.05, 0) is 62.6 Å². The Kier molecular flexibility index (Phi) is 9.11. The number of carbonyl (C=O) groups is 1. The van der Waals surface area contributed by atoms with Crippen LogP contribution in [0.5, 0.6) is 11.5 Å². The molecule has 0 aromatic heterocycles. The van der Waals surface area contributed by atoms with E-state index in [9.17, 15) is 13.2 Å². The Balaban J connectivity index is 1.66. The van der Waals surface area contributed by atoms with Gasteiger partial charge in [-0.1, -0.05) is 36.6 Å². The third kappa shape index (κ3) is 6.34. The van der Waals surface area contributed by atoms with Crippen molar-refractivity contribution in [3.05, 3.63) is 58.6 Å². The number of hydrogen-bond acceptors (Lipinski definition) is 7. The van der Waals surface area contributed by atoms with Crippen LogP contribution in [0.25, 0.3) is 0 Å². The number of sulfone groups is 1. The predicted octanol–water partition coefficient (Wildman–Crippen LogP) is 4.85. The Labute approximate surface area is 248 Å². The van der Waals surface area contributed by atoms with Gasteiger partial charge >= 0.3 is 6.03 Å². The lowest BCUT2D eigenvalue weighted by molar-refractivity contribution is 0.132. The number of nitrogens with zero attached hydrogens (tertiary/aromatic N) is 4. The summed E-state index contributed by atoms with van der Waals surface area (Å²) in [5.41, 5.74) is 1.22. The number of hydrogen-bond donors (Lipinski definition) is 0. The number of ether oxygens (including phenoxy) is 2. The molecule has 2 aromatic carbocycles. The normalized spacial score (nSPS) is 22.2. The lowest BCUT2D eigenvalue weighted by Gasteiger charge is -2.38. The maximum Gasteiger partial charge on any atom is 0.326 e. The molecule has 2 fully saturated rings. The summed E-state index contributed by atoms with van der Waals surface area (Å²) >= 11 is 6.23. The molecule has 0 radical (unpaired) electrons. The van der Waals surface area contributed by atoms with Gasteiger partial charge in [0, 0.05) is 37.3 Å². The molecule has 2 heterocycles. The van der Waals surface area contributed by atoms with Crippen molar-refractivity contribution in [3.63, 3.8) is 0 Å². The number of halogens is 1. The van der Waals surface area contributed by atoms with Gasteiger partial charge in [0.15, 0.2) is 15.2 Å². The predicted molar refractivity (Wildman–Crippen MR) is 161 cm³/mol. The van der Waals surface area contributed by atoms with Crippen LogP contribution in [0.15, 0.2) is 47.5 Å². The number of carbonyl (C=O) groups excluding carboxylic acids is 1. The van der Waals surface area contributed by atoms with Crippen molar-refractivity contribution in [2.24, 2.45) is 10.9 Å². The summed E-state index contributed by atoms with van der Waals surface area (Å²) in [4.78, 5) is 24.9. The second kappa shape index (κ2) is 12.6. The van der Waals surface area contributed by atoms with E-state index in [2.05, 4.69) is 4.90 Å². The number of amidine groups is 1. The molecule has 0 spiro atoms. The summed E-state index contributed by atoms with van der Waals surface area (Å²) in [7, 11) is -0.143. The largest absolute Gasteiger partial charge is 0.497 e. The molecule has 1 saturated carbocycles. The van der Waals surface area contributed by atoms with E-state index >= 15 is 0 Å². The van der Waals surface area contributed by atoms with Crippen LogP contribution in [0, 0.1) is 5.92 Å². The maximum atomic E-state index is 14.4. The van der Waals surface area contributed by atoms with Gasteiger partial charge in [-0.15, -0.1) is 0 Å². The molecule has 9 nitrogen and oxygen atoms in total. The van der Waals surface area contributed by atoms with Crippen molar-refractivity contribution in [3.8, 4) is 11.5 Å². The van der Waals surface area contributed by atoms with Crippen LogP contribution in [0.1, 0.15) is 49.8 Å². The second-order valence-corrected chi connectivity index (χ2v) is 13.6. The fourth-order valence-corrected chi connectivity index (χ4v) is 8.26. The monoisotopic (exact) mass is 602 g/mol. The second-order valence-electron chi connectivity index (χ2n) is 11.1. The Morgan fingerprint density at radius 1 is 1.05 bits per heavy atom. The van der Waals surface area contributed by atoms with Crippen molar-refractivity contribution >= 4 is 33.3 Å². The molecular weight excluding hydrogens is 564 g/mol. The Morgan fingerprint density at radius 2 is 1.73 bits per heavy atom. The molecule has 1 saturated heterocycles. The minimum Gasteiger partial charge on any atom is -0.497 e. The van der Waals surface area contributed by atoms with Gasteiger partial charge in [-0.2, -0.15) is 0 Å². The summed E-state index contributed by atoms with van der Waals surface area (Å²) in [5.74, 6) is 1.51. The lowest BCUT2D eigenvalue weighted by atomic mass is 10.1. The van der Waals surface area contributed by atoms with Crippen molar-refractivity contribution in [1.29, 1.82) is 0 Å². The Bertz CT molecular complexity index is 1370. The van der Waals surface area contributed by atoms with Crippen LogP contribution in [0.4, 0.5) is 4.79 Å². The standard InChI is InChI=1S/C30H39ClN4O5S/c1-4-40-26-19-24(39-3)13-14-25(26)28-32-29(41(37,38)20-21-7-5-6-8-21)27(22-9-11-23(31)12-10-22)35(28)30(36)34-17-15-33(2)16-18-34/h9-14,19,21,27,29H,4-8,15-18,20H2,1-3H3. The van der Waals surface area contributed by atoms with Gasteiger partial charge in [0.2, 0.25) is 0 Å². The average Bonchev–Trinajstić information content (AvgIpc) is 3.62. The molecule has 2 unspecified atom stereocenters. The number of piperazine rings is 1. The van der Waals surface area contributed by atoms with Crippen molar-refractivity contribution in [2.45, 2.75) is 44.0 Å². The summed E-state index contributed by atoms with van der Waals surface area (Å²) in [5, 5.41) is -0.628. The highest BCUT2D eigenvalue weighted by Gasteiger charge is 2.49. The summed E-state index contributed by atoms with van der Waals surface area (Å²) in [6.45, 7) is 4.78. The first-order valence-electron chi connectivity index (χ1n) is 14.3. The molecule has 2 aromatic rings. The zero-order chi connectivity index (χ0) is 29.1. The first kappa shape index (κ1) is 29.7. The van der Waals surface area contributed by atoms with Gasteiger partial charge in [0.25, 0.3) is 0 Å². The first-order chi connectivity index (χ1) is 19.7. The highest BCUT2D eigenvalue weighted by atomic mass is 35.5. The summed E-state index contributed by atoms with van der Waals surface area (Å²) in [6, 6.07) is 11.2. The fourth-order valence-electron chi connectivity index (χ4n) is 6.02. The van der Waals surface area contributed by atoms with E-state index in [0.717, 1.165) is 38.8 Å². The van der Waals surface area contributed by atoms with Crippen LogP contribution >= 0.6 is 11.6 Å². The molecule has 222 valence electrons. The number of amides is 2. The SMILES string of the molecule is CCOc1cc(OC)ccc1C1=NC(S(=O)(=O)CC2CCCC2)C(c2ccc(Cl)cc2)N1C(=O)N1CCN(C)CC1.